The van der Waals surface area contributed by atoms with Crippen LogP contribution in [0.2, 0.25) is 0 Å². The molecule has 124 valence electrons. The van der Waals surface area contributed by atoms with Crippen molar-refractivity contribution in [3.05, 3.63) is 54.0 Å². The molecule has 0 spiro atoms. The second kappa shape index (κ2) is 9.00. The van der Waals surface area contributed by atoms with Gasteiger partial charge in [0.1, 0.15) is 11.5 Å². The summed E-state index contributed by atoms with van der Waals surface area (Å²) in [5.41, 5.74) is 1.09. The third-order valence-corrected chi connectivity index (χ3v) is 3.61. The fourth-order valence-electron chi connectivity index (χ4n) is 2.32. The molecule has 0 saturated carbocycles. The van der Waals surface area contributed by atoms with Crippen molar-refractivity contribution in [2.75, 3.05) is 27.4 Å². The van der Waals surface area contributed by atoms with Gasteiger partial charge >= 0.3 is 0 Å². The Kier molecular flexibility index (Phi) is 6.69. The summed E-state index contributed by atoms with van der Waals surface area (Å²) < 4.78 is 15.6. The zero-order valence-corrected chi connectivity index (χ0v) is 13.7. The molecular formula is C18H23NO4. The average Bonchev–Trinajstić information content (AvgIpc) is 3.09. The smallest absolute Gasteiger partial charge is 0.223 e. The lowest BCUT2D eigenvalue weighted by molar-refractivity contribution is -0.132. The first-order valence-corrected chi connectivity index (χ1v) is 7.65. The minimum absolute atomic E-state index is 0.0845. The van der Waals surface area contributed by atoms with Gasteiger partial charge in [0.15, 0.2) is 0 Å². The summed E-state index contributed by atoms with van der Waals surface area (Å²) >= 11 is 0. The number of amides is 1. The minimum atomic E-state index is 0.0845. The summed E-state index contributed by atoms with van der Waals surface area (Å²) in [7, 11) is 3.27. The fourth-order valence-corrected chi connectivity index (χ4v) is 2.32. The van der Waals surface area contributed by atoms with E-state index in [1.807, 2.05) is 36.4 Å². The van der Waals surface area contributed by atoms with Gasteiger partial charge in [0, 0.05) is 20.1 Å². The standard InChI is InChI=1S/C18H23NO4/c1-21-12-10-19(14-17-7-4-11-23-17)18(20)9-8-15-5-3-6-16(13-15)22-2/h3-7,11,13H,8-10,12,14H2,1-2H3. The highest BCUT2D eigenvalue weighted by Gasteiger charge is 2.15. The summed E-state index contributed by atoms with van der Waals surface area (Å²) in [6.07, 6.45) is 2.74. The summed E-state index contributed by atoms with van der Waals surface area (Å²) in [4.78, 5) is 14.3. The van der Waals surface area contributed by atoms with E-state index >= 15 is 0 Å². The van der Waals surface area contributed by atoms with Crippen molar-refractivity contribution in [1.82, 2.24) is 4.90 Å². The van der Waals surface area contributed by atoms with E-state index < -0.39 is 0 Å². The molecule has 2 aromatic rings. The maximum atomic E-state index is 12.5. The van der Waals surface area contributed by atoms with Crippen LogP contribution in [0.4, 0.5) is 0 Å². The molecule has 1 aromatic heterocycles. The number of hydrogen-bond donors (Lipinski definition) is 0. The van der Waals surface area contributed by atoms with Crippen molar-refractivity contribution in [3.63, 3.8) is 0 Å². The van der Waals surface area contributed by atoms with E-state index in [1.165, 1.54) is 0 Å². The Labute approximate surface area is 136 Å². The fraction of sp³-hybridized carbons (Fsp3) is 0.389. The van der Waals surface area contributed by atoms with E-state index in [4.69, 9.17) is 13.9 Å². The predicted molar refractivity (Wildman–Crippen MR) is 87.3 cm³/mol. The molecule has 1 heterocycles. The highest BCUT2D eigenvalue weighted by molar-refractivity contribution is 5.76. The molecule has 0 fully saturated rings. The Hall–Kier alpha value is -2.27. The molecular weight excluding hydrogens is 294 g/mol. The maximum absolute atomic E-state index is 12.5. The Balaban J connectivity index is 1.93. The first-order chi connectivity index (χ1) is 11.2. The van der Waals surface area contributed by atoms with Crippen molar-refractivity contribution in [2.45, 2.75) is 19.4 Å². The van der Waals surface area contributed by atoms with Crippen LogP contribution in [-0.2, 0) is 22.5 Å². The Bertz CT molecular complexity index is 595. The summed E-state index contributed by atoms with van der Waals surface area (Å²) in [6, 6.07) is 11.5. The molecule has 5 nitrogen and oxygen atoms in total. The predicted octanol–water partition coefficient (Wildman–Crippen LogP) is 2.90. The van der Waals surface area contributed by atoms with Crippen molar-refractivity contribution >= 4 is 5.91 Å². The normalized spacial score (nSPS) is 10.5. The van der Waals surface area contributed by atoms with Crippen molar-refractivity contribution < 1.29 is 18.7 Å². The van der Waals surface area contributed by atoms with E-state index in [2.05, 4.69) is 0 Å². The van der Waals surface area contributed by atoms with Gasteiger partial charge in [-0.25, -0.2) is 0 Å². The first kappa shape index (κ1) is 17.1. The van der Waals surface area contributed by atoms with Crippen LogP contribution >= 0.6 is 0 Å². The van der Waals surface area contributed by atoms with E-state index in [-0.39, 0.29) is 5.91 Å². The van der Waals surface area contributed by atoms with Crippen LogP contribution in [0.5, 0.6) is 5.75 Å². The zero-order valence-electron chi connectivity index (χ0n) is 13.7. The third-order valence-electron chi connectivity index (χ3n) is 3.61. The van der Waals surface area contributed by atoms with E-state index in [1.54, 1.807) is 25.4 Å². The monoisotopic (exact) mass is 317 g/mol. The molecule has 0 aliphatic rings. The van der Waals surface area contributed by atoms with E-state index in [0.29, 0.717) is 32.5 Å². The van der Waals surface area contributed by atoms with Gasteiger partial charge in [-0.15, -0.1) is 0 Å². The molecule has 0 radical (unpaired) electrons. The highest BCUT2D eigenvalue weighted by atomic mass is 16.5. The molecule has 0 unspecified atom stereocenters. The van der Waals surface area contributed by atoms with Crippen LogP contribution in [0.1, 0.15) is 17.7 Å². The summed E-state index contributed by atoms with van der Waals surface area (Å²) in [6.45, 7) is 1.52. The van der Waals surface area contributed by atoms with E-state index in [9.17, 15) is 4.79 Å². The number of furan rings is 1. The topological polar surface area (TPSA) is 51.9 Å². The lowest BCUT2D eigenvalue weighted by Gasteiger charge is -2.21. The average molecular weight is 317 g/mol. The Morgan fingerprint density at radius 2 is 2.09 bits per heavy atom. The second-order valence-corrected chi connectivity index (χ2v) is 5.24. The van der Waals surface area contributed by atoms with E-state index in [0.717, 1.165) is 17.1 Å². The van der Waals surface area contributed by atoms with Crippen LogP contribution in [0.3, 0.4) is 0 Å². The first-order valence-electron chi connectivity index (χ1n) is 7.65. The number of aryl methyl sites for hydroxylation is 1. The molecule has 0 aliphatic carbocycles. The molecule has 23 heavy (non-hydrogen) atoms. The molecule has 0 aliphatic heterocycles. The van der Waals surface area contributed by atoms with Crippen molar-refractivity contribution in [2.24, 2.45) is 0 Å². The van der Waals surface area contributed by atoms with Gasteiger partial charge in [-0.1, -0.05) is 12.1 Å². The molecule has 2 rings (SSSR count). The largest absolute Gasteiger partial charge is 0.497 e. The van der Waals surface area contributed by atoms with Crippen molar-refractivity contribution in [1.29, 1.82) is 0 Å². The summed E-state index contributed by atoms with van der Waals surface area (Å²) in [5.74, 6) is 1.67. The highest BCUT2D eigenvalue weighted by Crippen LogP contribution is 2.15. The van der Waals surface area contributed by atoms with Gasteiger partial charge in [-0.3, -0.25) is 4.79 Å². The molecule has 1 amide bonds. The number of carbonyl (C=O) groups excluding carboxylic acids is 1. The zero-order chi connectivity index (χ0) is 16.5. The Morgan fingerprint density at radius 3 is 2.78 bits per heavy atom. The van der Waals surface area contributed by atoms with Gasteiger partial charge in [-0.2, -0.15) is 0 Å². The van der Waals surface area contributed by atoms with Gasteiger partial charge < -0.3 is 18.8 Å². The lowest BCUT2D eigenvalue weighted by atomic mass is 10.1. The van der Waals surface area contributed by atoms with Crippen LogP contribution in [0.25, 0.3) is 0 Å². The van der Waals surface area contributed by atoms with Gasteiger partial charge in [0.2, 0.25) is 5.91 Å². The van der Waals surface area contributed by atoms with Crippen LogP contribution in [-0.4, -0.2) is 38.2 Å². The van der Waals surface area contributed by atoms with Gasteiger partial charge in [0.05, 0.1) is 26.5 Å². The third kappa shape index (κ3) is 5.45. The molecule has 1 aromatic carbocycles. The van der Waals surface area contributed by atoms with Crippen molar-refractivity contribution in [3.8, 4) is 5.75 Å². The second-order valence-electron chi connectivity index (χ2n) is 5.24. The number of carbonyl (C=O) groups is 1. The molecule has 0 bridgehead atoms. The van der Waals surface area contributed by atoms with Gasteiger partial charge in [0.25, 0.3) is 0 Å². The van der Waals surface area contributed by atoms with Crippen LogP contribution < -0.4 is 4.74 Å². The quantitative estimate of drug-likeness (QED) is 0.713. The number of ether oxygens (including phenoxy) is 2. The summed E-state index contributed by atoms with van der Waals surface area (Å²) in [5, 5.41) is 0. The van der Waals surface area contributed by atoms with Crippen LogP contribution in [0.15, 0.2) is 47.1 Å². The molecule has 0 N–H and O–H groups in total. The van der Waals surface area contributed by atoms with Gasteiger partial charge in [-0.05, 0) is 36.2 Å². The number of methoxy groups -OCH3 is 2. The maximum Gasteiger partial charge on any atom is 0.223 e. The number of nitrogens with zero attached hydrogens (tertiary/aromatic N) is 1. The lowest BCUT2D eigenvalue weighted by Crippen LogP contribution is -2.33. The molecule has 5 heteroatoms. The van der Waals surface area contributed by atoms with Crippen LogP contribution in [0, 0.1) is 0 Å². The Morgan fingerprint density at radius 1 is 1.22 bits per heavy atom. The molecule has 0 saturated heterocycles. The number of benzene rings is 1. The number of hydrogen-bond acceptors (Lipinski definition) is 4. The minimum Gasteiger partial charge on any atom is -0.497 e. The number of rotatable bonds is 9. The SMILES string of the molecule is COCCN(Cc1ccco1)C(=O)CCc1cccc(OC)c1. The molecule has 0 atom stereocenters.